The average molecular weight is 213 g/mol. The van der Waals surface area contributed by atoms with Gasteiger partial charge in [-0.15, -0.1) is 0 Å². The highest BCUT2D eigenvalue weighted by atomic mass is 16.5. The fraction of sp³-hybridized carbons (Fsp3) is 0.909. The topological polar surface area (TPSA) is 49.8 Å². The summed E-state index contributed by atoms with van der Waals surface area (Å²) in [6, 6.07) is 0. The van der Waals surface area contributed by atoms with Crippen LogP contribution in [0.1, 0.15) is 32.6 Å². The number of rotatable bonds is 1. The number of amides is 1. The average Bonchev–Trinajstić information content (AvgIpc) is 2.64. The number of ether oxygens (including phenoxy) is 1. The Labute approximate surface area is 90.2 Å². The van der Waals surface area contributed by atoms with E-state index in [1.807, 2.05) is 6.92 Å². The first kappa shape index (κ1) is 10.9. The van der Waals surface area contributed by atoms with E-state index in [0.29, 0.717) is 6.54 Å². The Morgan fingerprint density at radius 2 is 2.20 bits per heavy atom. The summed E-state index contributed by atoms with van der Waals surface area (Å²) in [6.45, 7) is 3.25. The Kier molecular flexibility index (Phi) is 3.26. The van der Waals surface area contributed by atoms with Crippen molar-refractivity contribution < 1.29 is 14.6 Å². The minimum atomic E-state index is -0.346. The number of aliphatic hydroxyl groups excluding tert-OH is 1. The van der Waals surface area contributed by atoms with Crippen LogP contribution in [0.3, 0.4) is 0 Å². The highest BCUT2D eigenvalue weighted by Gasteiger charge is 2.33. The lowest BCUT2D eigenvalue weighted by Crippen LogP contribution is -2.46. The summed E-state index contributed by atoms with van der Waals surface area (Å²) in [5.74, 6) is 0.0677. The van der Waals surface area contributed by atoms with Crippen LogP contribution in [0.15, 0.2) is 0 Å². The number of hydrogen-bond acceptors (Lipinski definition) is 3. The second-order valence-electron chi connectivity index (χ2n) is 4.59. The molecule has 0 aromatic carbocycles. The molecule has 2 aliphatic rings. The van der Waals surface area contributed by atoms with Crippen molar-refractivity contribution in [3.8, 4) is 0 Å². The smallest absolute Gasteiger partial charge is 0.251 e. The quantitative estimate of drug-likeness (QED) is 0.691. The maximum atomic E-state index is 12.0. The van der Waals surface area contributed by atoms with Gasteiger partial charge in [0.05, 0.1) is 12.2 Å². The molecule has 4 nitrogen and oxygen atoms in total. The summed E-state index contributed by atoms with van der Waals surface area (Å²) in [7, 11) is 0. The van der Waals surface area contributed by atoms with Crippen molar-refractivity contribution in [2.24, 2.45) is 0 Å². The maximum absolute atomic E-state index is 12.0. The Morgan fingerprint density at radius 3 is 2.80 bits per heavy atom. The molecule has 0 spiro atoms. The second kappa shape index (κ2) is 4.49. The molecule has 0 radical (unpaired) electrons. The third kappa shape index (κ3) is 2.49. The van der Waals surface area contributed by atoms with Gasteiger partial charge in [0.1, 0.15) is 6.10 Å². The molecular weight excluding hydrogens is 194 g/mol. The number of carbonyl (C=O) groups is 1. The molecule has 3 unspecified atom stereocenters. The van der Waals surface area contributed by atoms with Crippen molar-refractivity contribution in [2.75, 3.05) is 13.1 Å². The van der Waals surface area contributed by atoms with Gasteiger partial charge in [0.2, 0.25) is 0 Å². The monoisotopic (exact) mass is 213 g/mol. The Hall–Kier alpha value is -0.610. The lowest BCUT2D eigenvalue weighted by Gasteiger charge is -2.31. The second-order valence-corrected chi connectivity index (χ2v) is 4.59. The molecule has 15 heavy (non-hydrogen) atoms. The van der Waals surface area contributed by atoms with Crippen molar-refractivity contribution in [2.45, 2.75) is 50.9 Å². The molecule has 1 amide bonds. The predicted molar refractivity (Wildman–Crippen MR) is 55.4 cm³/mol. The van der Waals surface area contributed by atoms with E-state index in [1.54, 1.807) is 4.90 Å². The van der Waals surface area contributed by atoms with Crippen molar-refractivity contribution >= 4 is 5.91 Å². The molecule has 0 aromatic heterocycles. The zero-order chi connectivity index (χ0) is 10.8. The van der Waals surface area contributed by atoms with Gasteiger partial charge in [0.15, 0.2) is 0 Å². The van der Waals surface area contributed by atoms with E-state index in [-0.39, 0.29) is 24.2 Å². The Bertz CT molecular complexity index is 244. The summed E-state index contributed by atoms with van der Waals surface area (Å²) in [5.41, 5.74) is 0. The molecule has 1 N–H and O–H groups in total. The molecule has 3 atom stereocenters. The van der Waals surface area contributed by atoms with E-state index in [9.17, 15) is 9.90 Å². The lowest BCUT2D eigenvalue weighted by atomic mass is 10.1. The normalized spacial score (nSPS) is 36.9. The van der Waals surface area contributed by atoms with Crippen molar-refractivity contribution in [3.63, 3.8) is 0 Å². The van der Waals surface area contributed by atoms with Crippen LogP contribution in [0.5, 0.6) is 0 Å². The number of carbonyl (C=O) groups excluding carboxylic acids is 1. The SMILES string of the molecule is CC1CCC(C(=O)N2CCCC(O)C2)O1. The van der Waals surface area contributed by atoms with E-state index in [2.05, 4.69) is 0 Å². The zero-order valence-corrected chi connectivity index (χ0v) is 9.19. The minimum absolute atomic E-state index is 0.0677. The van der Waals surface area contributed by atoms with E-state index < -0.39 is 0 Å². The molecule has 2 aliphatic heterocycles. The van der Waals surface area contributed by atoms with Crippen LogP contribution < -0.4 is 0 Å². The summed E-state index contributed by atoms with van der Waals surface area (Å²) in [5, 5.41) is 9.49. The summed E-state index contributed by atoms with van der Waals surface area (Å²) < 4.78 is 5.54. The van der Waals surface area contributed by atoms with E-state index in [4.69, 9.17) is 4.74 Å². The third-order valence-corrected chi connectivity index (χ3v) is 3.22. The molecular formula is C11H19NO3. The van der Waals surface area contributed by atoms with Crippen LogP contribution >= 0.6 is 0 Å². The van der Waals surface area contributed by atoms with Gasteiger partial charge in [-0.05, 0) is 32.6 Å². The number of nitrogens with zero attached hydrogens (tertiary/aromatic N) is 1. The number of aliphatic hydroxyl groups is 1. The van der Waals surface area contributed by atoms with Crippen molar-refractivity contribution in [1.29, 1.82) is 0 Å². The molecule has 2 saturated heterocycles. The third-order valence-electron chi connectivity index (χ3n) is 3.22. The van der Waals surface area contributed by atoms with Gasteiger partial charge >= 0.3 is 0 Å². The molecule has 0 saturated carbocycles. The van der Waals surface area contributed by atoms with Gasteiger partial charge in [-0.1, -0.05) is 0 Å². The minimum Gasteiger partial charge on any atom is -0.391 e. The summed E-state index contributed by atoms with van der Waals surface area (Å²) in [4.78, 5) is 13.7. The first-order valence-corrected chi connectivity index (χ1v) is 5.79. The number of β-amino-alcohol motifs (C(OH)–C–C–N with tert-alkyl or cyclic N) is 1. The van der Waals surface area contributed by atoms with E-state index in [0.717, 1.165) is 32.2 Å². The largest absolute Gasteiger partial charge is 0.391 e. The van der Waals surface area contributed by atoms with Gasteiger partial charge in [0.25, 0.3) is 5.91 Å². The molecule has 0 aliphatic carbocycles. The van der Waals surface area contributed by atoms with Gasteiger partial charge in [-0.25, -0.2) is 0 Å². The molecule has 4 heteroatoms. The van der Waals surface area contributed by atoms with Crippen LogP contribution in [-0.4, -0.2) is 47.3 Å². The van der Waals surface area contributed by atoms with E-state index in [1.165, 1.54) is 0 Å². The number of hydrogen-bond donors (Lipinski definition) is 1. The first-order chi connectivity index (χ1) is 7.16. The molecule has 2 fully saturated rings. The fourth-order valence-electron chi connectivity index (χ4n) is 2.34. The molecule has 0 bridgehead atoms. The Balaban J connectivity index is 1.89. The van der Waals surface area contributed by atoms with Crippen molar-refractivity contribution in [1.82, 2.24) is 4.90 Å². The van der Waals surface area contributed by atoms with Crippen LogP contribution in [0.2, 0.25) is 0 Å². The molecule has 86 valence electrons. The number of piperidine rings is 1. The van der Waals surface area contributed by atoms with Gasteiger partial charge in [-0.2, -0.15) is 0 Å². The zero-order valence-electron chi connectivity index (χ0n) is 9.19. The molecule has 2 heterocycles. The first-order valence-electron chi connectivity index (χ1n) is 5.79. The van der Waals surface area contributed by atoms with E-state index >= 15 is 0 Å². The van der Waals surface area contributed by atoms with Gasteiger partial charge in [-0.3, -0.25) is 4.79 Å². The number of likely N-dealkylation sites (tertiary alicyclic amines) is 1. The highest BCUT2D eigenvalue weighted by molar-refractivity contribution is 5.81. The van der Waals surface area contributed by atoms with Crippen LogP contribution in [0.4, 0.5) is 0 Å². The standard InChI is InChI=1S/C11H19NO3/c1-8-4-5-10(15-8)11(14)12-6-2-3-9(13)7-12/h8-10,13H,2-7H2,1H3. The summed E-state index contributed by atoms with van der Waals surface area (Å²) in [6.07, 6.45) is 3.10. The van der Waals surface area contributed by atoms with Gasteiger partial charge < -0.3 is 14.7 Å². The Morgan fingerprint density at radius 1 is 1.40 bits per heavy atom. The fourth-order valence-corrected chi connectivity index (χ4v) is 2.34. The lowest BCUT2D eigenvalue weighted by molar-refractivity contribution is -0.145. The van der Waals surface area contributed by atoms with Crippen LogP contribution in [-0.2, 0) is 9.53 Å². The molecule has 2 rings (SSSR count). The molecule has 0 aromatic rings. The predicted octanol–water partition coefficient (Wildman–Crippen LogP) is 0.537. The highest BCUT2D eigenvalue weighted by Crippen LogP contribution is 2.22. The van der Waals surface area contributed by atoms with Gasteiger partial charge in [0, 0.05) is 13.1 Å². The van der Waals surface area contributed by atoms with Crippen molar-refractivity contribution in [3.05, 3.63) is 0 Å². The van der Waals surface area contributed by atoms with Crippen LogP contribution in [0.25, 0.3) is 0 Å². The maximum Gasteiger partial charge on any atom is 0.251 e. The van der Waals surface area contributed by atoms with Crippen LogP contribution in [0, 0.1) is 0 Å². The summed E-state index contributed by atoms with van der Waals surface area (Å²) >= 11 is 0.